The number of benzene rings is 3. The molecule has 0 saturated carbocycles. The van der Waals surface area contributed by atoms with Crippen LogP contribution < -0.4 is 0 Å². The van der Waals surface area contributed by atoms with Crippen molar-refractivity contribution >= 4 is 48.1 Å². The van der Waals surface area contributed by atoms with Gasteiger partial charge in [0.2, 0.25) is 0 Å². The second-order valence-corrected chi connectivity index (χ2v) is 11.5. The standard InChI is InChI=1S/3C7H6FNO4S.Fe/c3*8-4-1-2-5(7(9)10)6(3-4)14(11,12)13;/h3*1-3H,(H3,9,10,11,12,13);/q;;;+3/p-3. The quantitative estimate of drug-likeness (QED) is 0.243. The van der Waals surface area contributed by atoms with E-state index in [9.17, 15) is 52.8 Å². The van der Waals surface area contributed by atoms with Crippen molar-refractivity contribution in [3.63, 3.8) is 0 Å². The number of hydrogen-bond donors (Lipinski definition) is 3. The van der Waals surface area contributed by atoms with Gasteiger partial charge in [-0.2, -0.15) is 25.3 Å². The van der Waals surface area contributed by atoms with E-state index in [4.69, 9.17) is 30.9 Å². The van der Waals surface area contributed by atoms with Gasteiger partial charge in [0.05, 0.1) is 17.7 Å². The summed E-state index contributed by atoms with van der Waals surface area (Å²) in [5.74, 6) is -6.67. The maximum Gasteiger partial charge on any atom is 3.00 e. The zero-order valence-electron chi connectivity index (χ0n) is 20.4. The van der Waals surface area contributed by atoms with E-state index in [1.807, 2.05) is 0 Å². The van der Waals surface area contributed by atoms with Gasteiger partial charge in [-0.05, 0) is 54.6 Å². The molecule has 22 heteroatoms. The van der Waals surface area contributed by atoms with Crippen LogP contribution in [-0.2, 0) is 47.4 Å². The molecule has 233 valence electrons. The molecule has 0 aliphatic heterocycles. The molecule has 3 rings (SSSR count). The molecule has 0 bridgehead atoms. The maximum absolute atomic E-state index is 12.6. The van der Waals surface area contributed by atoms with Crippen molar-refractivity contribution < 1.29 is 83.5 Å². The first-order chi connectivity index (χ1) is 19.0. The predicted molar refractivity (Wildman–Crippen MR) is 135 cm³/mol. The summed E-state index contributed by atoms with van der Waals surface area (Å²) in [6.07, 6.45) is 0. The molecule has 0 heterocycles. The molecular weight excluding hydrogens is 695 g/mol. The summed E-state index contributed by atoms with van der Waals surface area (Å²) in [6, 6.07) is 6.42. The molecule has 6 N–H and O–H groups in total. The molecule has 0 aromatic heterocycles. The number of carbonyl (C=O) groups excluding carboxylic acids is 3. The van der Waals surface area contributed by atoms with Gasteiger partial charge in [0.1, 0.15) is 32.1 Å². The van der Waals surface area contributed by atoms with Crippen LogP contribution in [0.5, 0.6) is 0 Å². The third-order valence-electron chi connectivity index (χ3n) is 4.40. The monoisotopic (exact) mass is 710 g/mol. The van der Waals surface area contributed by atoms with Gasteiger partial charge >= 0.3 is 17.1 Å². The zero-order valence-corrected chi connectivity index (χ0v) is 24.0. The Hall–Kier alpha value is -3.89. The Labute approximate surface area is 251 Å². The average Bonchev–Trinajstić information content (AvgIpc) is 2.82. The fourth-order valence-corrected chi connectivity index (χ4v) is 4.79. The van der Waals surface area contributed by atoms with Crippen LogP contribution in [0.15, 0.2) is 69.3 Å². The largest absolute Gasteiger partial charge is 3.00 e. The van der Waals surface area contributed by atoms with Crippen LogP contribution >= 0.6 is 0 Å². The summed E-state index contributed by atoms with van der Waals surface area (Å²) in [4.78, 5) is 29.1. The maximum atomic E-state index is 12.6. The minimum absolute atomic E-state index is 0. The Kier molecular flexibility index (Phi) is 13.7. The van der Waals surface area contributed by atoms with Crippen LogP contribution in [0.25, 0.3) is 17.2 Å². The average molecular weight is 710 g/mol. The first-order valence-corrected chi connectivity index (χ1v) is 14.4. The van der Waals surface area contributed by atoms with Crippen molar-refractivity contribution in [3.8, 4) is 0 Å². The van der Waals surface area contributed by atoms with Gasteiger partial charge in [0.15, 0.2) is 0 Å². The van der Waals surface area contributed by atoms with Gasteiger partial charge in [-0.15, -0.1) is 0 Å². The minimum atomic E-state index is -4.68. The Morgan fingerprint density at radius 1 is 0.488 bits per heavy atom. The predicted octanol–water partition coefficient (Wildman–Crippen LogP) is 3.79. The second-order valence-electron chi connectivity index (χ2n) is 7.33. The molecule has 0 fully saturated rings. The third-order valence-corrected chi connectivity index (χ3v) is 7.08. The second kappa shape index (κ2) is 15.0. The van der Waals surface area contributed by atoms with Crippen LogP contribution in [0.4, 0.5) is 13.2 Å². The molecule has 0 aliphatic rings. The van der Waals surface area contributed by atoms with Gasteiger partial charge in [-0.1, -0.05) is 0 Å². The summed E-state index contributed by atoms with van der Waals surface area (Å²) in [5.41, 5.74) is 18.3. The van der Waals surface area contributed by atoms with Gasteiger partial charge in [-0.25, -0.2) is 13.2 Å². The van der Waals surface area contributed by atoms with Crippen LogP contribution in [-0.4, -0.2) is 56.6 Å². The normalized spacial score (nSPS) is 11.0. The van der Waals surface area contributed by atoms with E-state index < -0.39 is 96.9 Å². The van der Waals surface area contributed by atoms with Crippen LogP contribution in [0, 0.1) is 17.5 Å². The summed E-state index contributed by atoms with van der Waals surface area (Å²) in [7, 11) is -14.0. The number of rotatable bonds is 6. The smallest absolute Gasteiger partial charge is 0.664 e. The van der Waals surface area contributed by atoms with E-state index in [0.29, 0.717) is 18.2 Å². The van der Waals surface area contributed by atoms with Crippen molar-refractivity contribution in [2.45, 2.75) is 14.7 Å². The first-order valence-electron chi connectivity index (χ1n) is 10.1. The number of hydrogen-bond acceptors (Lipinski definition) is 9. The van der Waals surface area contributed by atoms with Crippen molar-refractivity contribution in [1.82, 2.24) is 0 Å². The van der Waals surface area contributed by atoms with Gasteiger partial charge in [-0.3, -0.25) is 13.7 Å². The van der Waals surface area contributed by atoms with E-state index in [1.165, 1.54) is 0 Å². The van der Waals surface area contributed by atoms with E-state index in [-0.39, 0.29) is 17.1 Å². The zero-order chi connectivity index (χ0) is 32.8. The summed E-state index contributed by atoms with van der Waals surface area (Å²) >= 11 is 0. The van der Waals surface area contributed by atoms with Crippen molar-refractivity contribution in [1.29, 1.82) is 0 Å². The molecule has 0 saturated heterocycles. The van der Waals surface area contributed by atoms with Gasteiger partial charge < -0.3 is 31.6 Å². The van der Waals surface area contributed by atoms with E-state index in [0.717, 1.165) is 36.4 Å². The molecule has 3 aromatic carbocycles. The molecule has 3 amide bonds. The van der Waals surface area contributed by atoms with Crippen molar-refractivity contribution in [2.24, 2.45) is 0 Å². The summed E-state index contributed by atoms with van der Waals surface area (Å²) in [6.45, 7) is 0. The summed E-state index contributed by atoms with van der Waals surface area (Å²) in [5, 5.41) is 0. The third kappa shape index (κ3) is 11.7. The van der Waals surface area contributed by atoms with E-state index in [1.54, 1.807) is 0 Å². The topological polar surface area (TPSA) is 286 Å². The molecule has 0 atom stereocenters. The van der Waals surface area contributed by atoms with Gasteiger partial charge in [0.25, 0.3) is 30.4 Å². The summed E-state index contributed by atoms with van der Waals surface area (Å²) < 4.78 is 128. The molecule has 0 spiro atoms. The van der Waals surface area contributed by atoms with Crippen molar-refractivity contribution in [3.05, 3.63) is 106 Å². The minimum Gasteiger partial charge on any atom is -0.664 e. The molecule has 15 nitrogen and oxygen atoms in total. The Morgan fingerprint density at radius 2 is 0.674 bits per heavy atom. The molecule has 0 aliphatic carbocycles. The molecule has 0 unspecified atom stereocenters. The molecule has 3 aromatic rings. The Morgan fingerprint density at radius 3 is 0.814 bits per heavy atom. The SMILES string of the molecule is [Fe+3].[NH-]C(=O)c1ccc(F)cc1S(=O)(=O)O.[NH-]C(=O)c1ccc(F)cc1S(=O)(=O)O.[NH-]C(=O)c1ccc(F)cc1S(=O)(=O)O. The van der Waals surface area contributed by atoms with Crippen molar-refractivity contribution in [2.75, 3.05) is 0 Å². The number of amides is 3. The van der Waals surface area contributed by atoms with E-state index in [2.05, 4.69) is 0 Å². The fraction of sp³-hybridized carbons (Fsp3) is 0. The molecular formula is C21H15F3FeN3O12S3. The molecule has 43 heavy (non-hydrogen) atoms. The Bertz CT molecular complexity index is 1670. The Balaban J connectivity index is 0.000000608. The molecule has 1 radical (unpaired) electrons. The first kappa shape index (κ1) is 39.1. The van der Waals surface area contributed by atoms with E-state index >= 15 is 0 Å². The fourth-order valence-electron chi connectivity index (χ4n) is 2.69. The van der Waals surface area contributed by atoms with Gasteiger partial charge in [0, 0.05) is 16.7 Å². The van der Waals surface area contributed by atoms with Crippen LogP contribution in [0.1, 0.15) is 31.1 Å². The number of nitrogens with one attached hydrogen (secondary N) is 3. The number of carbonyl (C=O) groups is 3. The number of halogens is 3. The van der Waals surface area contributed by atoms with Crippen LogP contribution in [0.3, 0.4) is 0 Å². The van der Waals surface area contributed by atoms with Crippen LogP contribution in [0.2, 0.25) is 0 Å².